The van der Waals surface area contributed by atoms with Crippen molar-refractivity contribution in [1.29, 1.82) is 0 Å². The minimum atomic E-state index is -0.568. The molecule has 0 bridgehead atoms. The molecule has 1 aromatic heterocycles. The molecule has 1 amide bonds. The molecule has 0 aliphatic heterocycles. The van der Waals surface area contributed by atoms with Gasteiger partial charge >= 0.3 is 5.97 Å². The lowest BCUT2D eigenvalue weighted by atomic mass is 10.1. The average Bonchev–Trinajstić information content (AvgIpc) is 2.50. The summed E-state index contributed by atoms with van der Waals surface area (Å²) in [6.07, 6.45) is 4.61. The Kier molecular flexibility index (Phi) is 4.44. The second kappa shape index (κ2) is 6.47. The molecule has 1 N–H and O–H groups in total. The fourth-order valence-corrected chi connectivity index (χ4v) is 1.68. The number of ether oxygens (including phenoxy) is 1. The Morgan fingerprint density at radius 1 is 1.30 bits per heavy atom. The van der Waals surface area contributed by atoms with Gasteiger partial charge in [0.25, 0.3) is 5.91 Å². The number of nitrogens with zero attached hydrogens (tertiary/aromatic N) is 1. The first-order chi connectivity index (χ1) is 9.70. The van der Waals surface area contributed by atoms with Crippen LogP contribution in [0.25, 0.3) is 17.0 Å². The first kappa shape index (κ1) is 13.7. The second-order valence-electron chi connectivity index (χ2n) is 4.04. The normalized spacial score (nSPS) is 10.7. The summed E-state index contributed by atoms with van der Waals surface area (Å²) in [4.78, 5) is 26.7. The molecule has 2 rings (SSSR count). The van der Waals surface area contributed by atoms with Crippen molar-refractivity contribution in [3.63, 3.8) is 0 Å². The highest BCUT2D eigenvalue weighted by atomic mass is 16.5. The Morgan fingerprint density at radius 3 is 2.90 bits per heavy atom. The first-order valence-electron chi connectivity index (χ1n) is 6.10. The molecular formula is C15H14N2O3. The van der Waals surface area contributed by atoms with Crippen LogP contribution >= 0.6 is 0 Å². The van der Waals surface area contributed by atoms with Crippen LogP contribution in [0.4, 0.5) is 0 Å². The van der Waals surface area contributed by atoms with E-state index in [9.17, 15) is 9.59 Å². The number of nitrogens with one attached hydrogen (secondary N) is 1. The summed E-state index contributed by atoms with van der Waals surface area (Å²) in [5.74, 6) is -0.917. The zero-order chi connectivity index (χ0) is 14.4. The van der Waals surface area contributed by atoms with Crippen molar-refractivity contribution in [3.05, 3.63) is 48.2 Å². The molecule has 0 fully saturated rings. The van der Waals surface area contributed by atoms with Crippen LogP contribution < -0.4 is 5.32 Å². The number of hydrogen-bond acceptors (Lipinski definition) is 4. The molecule has 0 aliphatic rings. The molecular weight excluding hydrogens is 256 g/mol. The van der Waals surface area contributed by atoms with Crippen molar-refractivity contribution in [3.8, 4) is 0 Å². The van der Waals surface area contributed by atoms with E-state index in [0.29, 0.717) is 0 Å². The molecule has 0 saturated heterocycles. The number of amides is 1. The maximum atomic E-state index is 11.5. The quantitative estimate of drug-likeness (QED) is 0.676. The third-order valence-corrected chi connectivity index (χ3v) is 2.69. The summed E-state index contributed by atoms with van der Waals surface area (Å²) in [5.41, 5.74) is 1.63. The largest absolute Gasteiger partial charge is 0.452 e. The van der Waals surface area contributed by atoms with Gasteiger partial charge in [0, 0.05) is 30.3 Å². The van der Waals surface area contributed by atoms with E-state index in [1.165, 1.54) is 13.1 Å². The van der Waals surface area contributed by atoms with Crippen molar-refractivity contribution in [1.82, 2.24) is 10.3 Å². The molecule has 5 nitrogen and oxygen atoms in total. The van der Waals surface area contributed by atoms with Crippen LogP contribution in [0, 0.1) is 0 Å². The van der Waals surface area contributed by atoms with E-state index in [2.05, 4.69) is 10.3 Å². The van der Waals surface area contributed by atoms with E-state index in [4.69, 9.17) is 4.74 Å². The Morgan fingerprint density at radius 2 is 2.10 bits per heavy atom. The molecule has 0 saturated carbocycles. The van der Waals surface area contributed by atoms with E-state index >= 15 is 0 Å². The van der Waals surface area contributed by atoms with Gasteiger partial charge in [0.15, 0.2) is 6.61 Å². The molecule has 0 spiro atoms. The Hall–Kier alpha value is -2.69. The lowest BCUT2D eigenvalue weighted by Gasteiger charge is -2.01. The molecule has 20 heavy (non-hydrogen) atoms. The van der Waals surface area contributed by atoms with Gasteiger partial charge in [-0.05, 0) is 12.1 Å². The van der Waals surface area contributed by atoms with Gasteiger partial charge in [0.2, 0.25) is 0 Å². The SMILES string of the molecule is CNC(=O)COC(=O)C=Cc1cccc2cccnc12. The summed E-state index contributed by atoms with van der Waals surface area (Å²) in [6, 6.07) is 9.50. The Balaban J connectivity index is 2.10. The highest BCUT2D eigenvalue weighted by molar-refractivity contribution is 5.93. The molecule has 0 radical (unpaired) electrons. The number of likely N-dealkylation sites (N-methyl/N-ethyl adjacent to an activating group) is 1. The lowest BCUT2D eigenvalue weighted by Crippen LogP contribution is -2.24. The van der Waals surface area contributed by atoms with E-state index < -0.39 is 5.97 Å². The number of esters is 1. The summed E-state index contributed by atoms with van der Waals surface area (Å²) in [7, 11) is 1.48. The summed E-state index contributed by atoms with van der Waals surface area (Å²) in [5, 5.41) is 3.36. The van der Waals surface area contributed by atoms with Crippen LogP contribution in [-0.4, -0.2) is 30.5 Å². The maximum Gasteiger partial charge on any atom is 0.331 e. The fourth-order valence-electron chi connectivity index (χ4n) is 1.68. The molecule has 1 aromatic carbocycles. The number of hydrogen-bond donors (Lipinski definition) is 1. The lowest BCUT2D eigenvalue weighted by molar-refractivity contribution is -0.143. The number of fused-ring (bicyclic) bond motifs is 1. The zero-order valence-corrected chi connectivity index (χ0v) is 11.0. The smallest absolute Gasteiger partial charge is 0.331 e. The van der Waals surface area contributed by atoms with E-state index in [0.717, 1.165) is 16.5 Å². The second-order valence-corrected chi connectivity index (χ2v) is 4.04. The van der Waals surface area contributed by atoms with Crippen LogP contribution in [-0.2, 0) is 14.3 Å². The van der Waals surface area contributed by atoms with E-state index in [-0.39, 0.29) is 12.5 Å². The van der Waals surface area contributed by atoms with Gasteiger partial charge in [0.1, 0.15) is 0 Å². The maximum absolute atomic E-state index is 11.5. The molecule has 2 aromatic rings. The summed E-state index contributed by atoms with van der Waals surface area (Å²) >= 11 is 0. The third-order valence-electron chi connectivity index (χ3n) is 2.69. The van der Waals surface area contributed by atoms with Crippen LogP contribution in [0.2, 0.25) is 0 Å². The van der Waals surface area contributed by atoms with Crippen molar-refractivity contribution < 1.29 is 14.3 Å². The topological polar surface area (TPSA) is 68.3 Å². The van der Waals surface area contributed by atoms with Crippen LogP contribution in [0.15, 0.2) is 42.6 Å². The van der Waals surface area contributed by atoms with Crippen molar-refractivity contribution in [2.45, 2.75) is 0 Å². The molecule has 0 atom stereocenters. The highest BCUT2D eigenvalue weighted by Crippen LogP contribution is 2.16. The van der Waals surface area contributed by atoms with Gasteiger partial charge in [0.05, 0.1) is 5.52 Å². The number of carbonyl (C=O) groups excluding carboxylic acids is 2. The highest BCUT2D eigenvalue weighted by Gasteiger charge is 2.03. The first-order valence-corrected chi connectivity index (χ1v) is 6.10. The predicted octanol–water partition coefficient (Wildman–Crippen LogP) is 1.54. The van der Waals surface area contributed by atoms with Gasteiger partial charge in [-0.3, -0.25) is 9.78 Å². The van der Waals surface area contributed by atoms with Crippen molar-refractivity contribution in [2.24, 2.45) is 0 Å². The van der Waals surface area contributed by atoms with E-state index in [1.54, 1.807) is 12.3 Å². The molecule has 5 heteroatoms. The minimum absolute atomic E-state index is 0.284. The molecule has 102 valence electrons. The van der Waals surface area contributed by atoms with Gasteiger partial charge < -0.3 is 10.1 Å². The predicted molar refractivity (Wildman–Crippen MR) is 75.8 cm³/mol. The molecule has 0 unspecified atom stereocenters. The number of benzene rings is 1. The number of rotatable bonds is 4. The minimum Gasteiger partial charge on any atom is -0.452 e. The zero-order valence-electron chi connectivity index (χ0n) is 11.0. The monoisotopic (exact) mass is 270 g/mol. The Labute approximate surface area is 116 Å². The summed E-state index contributed by atoms with van der Waals surface area (Å²) < 4.78 is 4.77. The van der Waals surface area contributed by atoms with Crippen molar-refractivity contribution in [2.75, 3.05) is 13.7 Å². The van der Waals surface area contributed by atoms with Crippen LogP contribution in [0.3, 0.4) is 0 Å². The third kappa shape index (κ3) is 3.41. The number of para-hydroxylation sites is 1. The van der Waals surface area contributed by atoms with Crippen LogP contribution in [0.5, 0.6) is 0 Å². The van der Waals surface area contributed by atoms with Gasteiger partial charge in [-0.25, -0.2) is 4.79 Å². The van der Waals surface area contributed by atoms with Gasteiger partial charge in [-0.2, -0.15) is 0 Å². The fraction of sp³-hybridized carbons (Fsp3) is 0.133. The molecule has 0 aliphatic carbocycles. The number of carbonyl (C=O) groups is 2. The standard InChI is InChI=1S/C15H14N2O3/c1-16-13(18)10-20-14(19)8-7-12-5-2-4-11-6-3-9-17-15(11)12/h2-9H,10H2,1H3,(H,16,18). The molecule has 1 heterocycles. The number of aromatic nitrogens is 1. The van der Waals surface area contributed by atoms with Crippen molar-refractivity contribution >= 4 is 28.9 Å². The number of pyridine rings is 1. The Bertz CT molecular complexity index is 660. The average molecular weight is 270 g/mol. The van der Waals surface area contributed by atoms with E-state index in [1.807, 2.05) is 30.3 Å². The van der Waals surface area contributed by atoms with Gasteiger partial charge in [-0.1, -0.05) is 24.3 Å². The van der Waals surface area contributed by atoms with Crippen LogP contribution in [0.1, 0.15) is 5.56 Å². The van der Waals surface area contributed by atoms with Gasteiger partial charge in [-0.15, -0.1) is 0 Å². The summed E-state index contributed by atoms with van der Waals surface area (Å²) in [6.45, 7) is -0.284.